The molecule has 286 valence electrons. The number of aromatic carboxylic acids is 1. The van der Waals surface area contributed by atoms with Crippen molar-refractivity contribution < 1.29 is 33.7 Å². The van der Waals surface area contributed by atoms with Crippen LogP contribution in [0.25, 0.3) is 10.9 Å². The number of amides is 1. The molecule has 2 aromatic heterocycles. The summed E-state index contributed by atoms with van der Waals surface area (Å²) in [7, 11) is 1.44. The molecule has 2 aromatic carbocycles. The summed E-state index contributed by atoms with van der Waals surface area (Å²) in [6.07, 6.45) is 5.72. The minimum Gasteiger partial charge on any atom is -0.492 e. The van der Waals surface area contributed by atoms with Gasteiger partial charge in [-0.2, -0.15) is 4.98 Å². The number of carboxylic acids is 1. The number of likely N-dealkylation sites (tertiary alicyclic amines) is 1. The summed E-state index contributed by atoms with van der Waals surface area (Å²) in [5.41, 5.74) is -0.0426. The Hall–Kier alpha value is -5.10. The molecular formula is C38H38FN7O8S. The molecule has 2 N–H and O–H groups in total. The molecule has 9 rings (SSSR count). The number of aliphatic hydroxyl groups excluding tert-OH is 1. The molecule has 0 radical (unpaired) electrons. The van der Waals surface area contributed by atoms with Gasteiger partial charge in [0.25, 0.3) is 5.91 Å². The van der Waals surface area contributed by atoms with Gasteiger partial charge < -0.3 is 29.2 Å². The molecule has 0 spiro atoms. The zero-order valence-corrected chi connectivity index (χ0v) is 30.7. The van der Waals surface area contributed by atoms with Crippen LogP contribution in [0.3, 0.4) is 0 Å². The summed E-state index contributed by atoms with van der Waals surface area (Å²) < 4.78 is 30.9. The first-order valence-electron chi connectivity index (χ1n) is 18.3. The van der Waals surface area contributed by atoms with Gasteiger partial charge in [0, 0.05) is 55.4 Å². The summed E-state index contributed by atoms with van der Waals surface area (Å²) in [5, 5.41) is 19.1. The van der Waals surface area contributed by atoms with Crippen LogP contribution < -0.4 is 25.7 Å². The average molecular weight is 772 g/mol. The van der Waals surface area contributed by atoms with Crippen LogP contribution in [-0.2, 0) is 9.53 Å². The Kier molecular flexibility index (Phi) is 8.98. The van der Waals surface area contributed by atoms with E-state index in [4.69, 9.17) is 9.47 Å². The normalized spacial score (nSPS) is 24.6. The molecule has 4 fully saturated rings. The number of benzene rings is 2. The number of para-hydroxylation sites is 1. The maximum atomic E-state index is 16.2. The number of fused-ring (bicyclic) bond motifs is 3. The molecule has 17 heteroatoms. The first-order valence-corrected chi connectivity index (χ1v) is 19.3. The Bertz CT molecular complexity index is 2400. The van der Waals surface area contributed by atoms with Gasteiger partial charge in [-0.25, -0.2) is 19.0 Å². The number of rotatable bonds is 9. The molecule has 55 heavy (non-hydrogen) atoms. The number of thioether (sulfide) groups is 1. The number of anilines is 2. The minimum absolute atomic E-state index is 0.0121. The number of carbonyl (C=O) groups is 2. The molecule has 6 heterocycles. The van der Waals surface area contributed by atoms with E-state index in [1.165, 1.54) is 35.8 Å². The monoisotopic (exact) mass is 771 g/mol. The Morgan fingerprint density at radius 3 is 2.67 bits per heavy atom. The van der Waals surface area contributed by atoms with Crippen molar-refractivity contribution in [2.24, 2.45) is 10.9 Å². The Morgan fingerprint density at radius 2 is 1.95 bits per heavy atom. The van der Waals surface area contributed by atoms with E-state index in [-0.39, 0.29) is 65.5 Å². The fourth-order valence-electron chi connectivity index (χ4n) is 8.53. The summed E-state index contributed by atoms with van der Waals surface area (Å²) in [4.78, 5) is 66.9. The quantitative estimate of drug-likeness (QED) is 0.255. The van der Waals surface area contributed by atoms with Crippen molar-refractivity contribution in [3.63, 3.8) is 0 Å². The number of hydrogen-bond donors (Lipinski definition) is 2. The Balaban J connectivity index is 0.996. The summed E-state index contributed by atoms with van der Waals surface area (Å²) in [6.45, 7) is 1.78. The van der Waals surface area contributed by atoms with Gasteiger partial charge in [-0.15, -0.1) is 11.8 Å². The number of hydrogen-bond acceptors (Lipinski definition) is 12. The Morgan fingerprint density at radius 1 is 1.13 bits per heavy atom. The highest BCUT2D eigenvalue weighted by atomic mass is 32.2. The third-order valence-electron chi connectivity index (χ3n) is 11.2. The minimum atomic E-state index is -1.36. The van der Waals surface area contributed by atoms with Crippen LogP contribution in [0.2, 0.25) is 0 Å². The number of ether oxygens (including phenoxy) is 2. The fraction of sp³-hybridized carbons (Fsp3) is 0.421. The SMILES string of the molecule is COc1c(N2C[C@@H]3CCCN(CN4C(=O)C(=Nc5ccn([C@@H]6CS[C@H](CO)O6)c(=O)n5)c5ccccc54)[C@@H]3C2)c(F)cc2c(=O)c(C(=O)O)cn(C3CC3)c12. The van der Waals surface area contributed by atoms with Crippen molar-refractivity contribution in [1.82, 2.24) is 19.0 Å². The van der Waals surface area contributed by atoms with Crippen molar-refractivity contribution in [1.29, 1.82) is 0 Å². The van der Waals surface area contributed by atoms with E-state index in [0.29, 0.717) is 42.2 Å². The number of aromatic nitrogens is 3. The molecule has 3 saturated heterocycles. The molecule has 1 saturated carbocycles. The van der Waals surface area contributed by atoms with E-state index >= 15 is 4.39 Å². The molecule has 0 unspecified atom stereocenters. The number of aliphatic hydroxyl groups is 1. The first kappa shape index (κ1) is 35.6. The molecule has 4 aromatic rings. The van der Waals surface area contributed by atoms with Crippen LogP contribution in [0.1, 0.15) is 53.9 Å². The molecular weight excluding hydrogens is 734 g/mol. The molecule has 1 amide bonds. The van der Waals surface area contributed by atoms with Crippen LogP contribution in [0.4, 0.5) is 21.6 Å². The van der Waals surface area contributed by atoms with Crippen molar-refractivity contribution in [2.45, 2.75) is 49.4 Å². The Labute approximate surface area is 317 Å². The highest BCUT2D eigenvalue weighted by Crippen LogP contribution is 2.46. The summed E-state index contributed by atoms with van der Waals surface area (Å²) >= 11 is 1.41. The van der Waals surface area contributed by atoms with Gasteiger partial charge in [0.2, 0.25) is 5.43 Å². The van der Waals surface area contributed by atoms with Gasteiger partial charge >= 0.3 is 11.7 Å². The van der Waals surface area contributed by atoms with E-state index in [1.54, 1.807) is 15.5 Å². The number of carboxylic acid groups (broad SMARTS) is 1. The number of methoxy groups -OCH3 is 1. The van der Waals surface area contributed by atoms with E-state index in [0.717, 1.165) is 31.7 Å². The first-order chi connectivity index (χ1) is 26.6. The van der Waals surface area contributed by atoms with Crippen LogP contribution in [0, 0.1) is 11.7 Å². The third-order valence-corrected chi connectivity index (χ3v) is 12.3. The van der Waals surface area contributed by atoms with Crippen LogP contribution >= 0.6 is 11.8 Å². The third kappa shape index (κ3) is 6.09. The smallest absolute Gasteiger partial charge is 0.351 e. The lowest BCUT2D eigenvalue weighted by molar-refractivity contribution is -0.112. The van der Waals surface area contributed by atoms with Gasteiger partial charge in [-0.05, 0) is 49.8 Å². The van der Waals surface area contributed by atoms with Crippen molar-refractivity contribution in [3.05, 3.63) is 86.4 Å². The van der Waals surface area contributed by atoms with Crippen molar-refractivity contribution in [2.75, 3.05) is 55.6 Å². The van der Waals surface area contributed by atoms with E-state index in [2.05, 4.69) is 14.9 Å². The lowest BCUT2D eigenvalue weighted by Gasteiger charge is -2.38. The maximum Gasteiger partial charge on any atom is 0.351 e. The van der Waals surface area contributed by atoms with Crippen LogP contribution in [-0.4, -0.2) is 104 Å². The van der Waals surface area contributed by atoms with Crippen LogP contribution in [0.15, 0.2) is 63.4 Å². The molecule has 4 aliphatic heterocycles. The number of nitrogens with zero attached hydrogens (tertiary/aromatic N) is 7. The largest absolute Gasteiger partial charge is 0.492 e. The van der Waals surface area contributed by atoms with Gasteiger partial charge in [-0.3, -0.25) is 24.0 Å². The van der Waals surface area contributed by atoms with Gasteiger partial charge in [-0.1, -0.05) is 18.2 Å². The second-order valence-electron chi connectivity index (χ2n) is 14.5. The summed E-state index contributed by atoms with van der Waals surface area (Å²) in [5.74, 6) is -1.42. The van der Waals surface area contributed by atoms with Gasteiger partial charge in [0.15, 0.2) is 17.4 Å². The molecule has 5 aliphatic rings. The number of pyridine rings is 1. The zero-order valence-electron chi connectivity index (χ0n) is 29.8. The van der Waals surface area contributed by atoms with Crippen molar-refractivity contribution >= 4 is 57.4 Å². The van der Waals surface area contributed by atoms with Gasteiger partial charge in [0.1, 0.15) is 28.6 Å². The summed E-state index contributed by atoms with van der Waals surface area (Å²) in [6, 6.07) is 10.0. The lowest BCUT2D eigenvalue weighted by Crippen LogP contribution is -2.51. The van der Waals surface area contributed by atoms with E-state index < -0.39 is 40.1 Å². The average Bonchev–Trinajstić information content (AvgIpc) is 3.65. The van der Waals surface area contributed by atoms with E-state index in [9.17, 15) is 29.4 Å². The molecule has 1 aliphatic carbocycles. The zero-order chi connectivity index (χ0) is 38.1. The topological polar surface area (TPSA) is 172 Å². The predicted molar refractivity (Wildman–Crippen MR) is 202 cm³/mol. The lowest BCUT2D eigenvalue weighted by atomic mass is 9.92. The maximum absolute atomic E-state index is 16.2. The van der Waals surface area contributed by atoms with E-state index in [1.807, 2.05) is 29.2 Å². The molecule has 4 atom stereocenters. The predicted octanol–water partition coefficient (Wildman–Crippen LogP) is 3.35. The number of halogens is 1. The highest BCUT2D eigenvalue weighted by molar-refractivity contribution is 8.00. The number of piperidine rings is 1. The standard InChI is InChI=1S/C38H38FN7O8S/c1-53-35-32-23(34(48)24(37(50)51)15-45(32)21-8-9-21)13-25(39)33(35)43-14-20-5-4-11-42(27(20)16-43)19-46-26-7-3-2-6-22(26)31(36(46)49)40-28-10-12-44(38(52)41-28)29-18-55-30(17-47)54-29/h2-3,6-7,10,12-13,15,20-21,27,29-30,47H,4-5,8-9,11,14,16-19H2,1H3,(H,50,51)/t20-,27+,29-,30+/m0/s1. The second kappa shape index (κ2) is 13.9. The van der Waals surface area contributed by atoms with Crippen molar-refractivity contribution in [3.8, 4) is 5.75 Å². The molecule has 15 nitrogen and oxygen atoms in total. The highest BCUT2D eigenvalue weighted by Gasteiger charge is 2.44. The number of aliphatic imine (C=N–C) groups is 1. The van der Waals surface area contributed by atoms with Gasteiger partial charge in [0.05, 0.1) is 37.0 Å². The van der Waals surface area contributed by atoms with Crippen LogP contribution in [0.5, 0.6) is 5.75 Å². The fourth-order valence-corrected chi connectivity index (χ4v) is 9.46. The second-order valence-corrected chi connectivity index (χ2v) is 15.7. The number of carbonyl (C=O) groups excluding carboxylic acids is 1. The molecule has 0 bridgehead atoms.